The normalized spacial score (nSPS) is 14.7. The van der Waals surface area contributed by atoms with Crippen LogP contribution in [0, 0.1) is 34.6 Å². The van der Waals surface area contributed by atoms with Crippen molar-refractivity contribution in [3.8, 4) is 0 Å². The van der Waals surface area contributed by atoms with Gasteiger partial charge in [0.05, 0.1) is 18.1 Å². The molecule has 1 fully saturated rings. The van der Waals surface area contributed by atoms with Crippen LogP contribution in [0.3, 0.4) is 0 Å². The predicted octanol–water partition coefficient (Wildman–Crippen LogP) is 4.25. The molecule has 0 bridgehead atoms. The van der Waals surface area contributed by atoms with Crippen LogP contribution in [0.15, 0.2) is 33.6 Å². The van der Waals surface area contributed by atoms with Crippen molar-refractivity contribution in [2.24, 2.45) is 0 Å². The van der Waals surface area contributed by atoms with Crippen molar-refractivity contribution in [3.05, 3.63) is 57.8 Å². The molecule has 1 amide bonds. The average molecular weight is 457 g/mol. The highest BCUT2D eigenvalue weighted by Gasteiger charge is 2.31. The van der Waals surface area contributed by atoms with Crippen LogP contribution in [0.25, 0.3) is 11.0 Å². The molecule has 0 saturated carbocycles. The molecule has 4 rings (SSSR count). The van der Waals surface area contributed by atoms with Crippen LogP contribution in [0.4, 0.5) is 5.69 Å². The number of benzene rings is 2. The Hall–Kier alpha value is -2.84. The van der Waals surface area contributed by atoms with Gasteiger partial charge in [0.1, 0.15) is 11.3 Å². The smallest absolute Gasteiger partial charge is 0.291 e. The van der Waals surface area contributed by atoms with Gasteiger partial charge in [0.15, 0.2) is 0 Å². The summed E-state index contributed by atoms with van der Waals surface area (Å²) < 4.78 is 41.2. The number of hydrogen-bond acceptors (Lipinski definition) is 5. The number of carbonyl (C=O) groups excluding carboxylic acids is 1. The van der Waals surface area contributed by atoms with E-state index in [2.05, 4.69) is 4.72 Å². The number of furan rings is 1. The number of rotatable bonds is 4. The van der Waals surface area contributed by atoms with Crippen molar-refractivity contribution in [2.75, 3.05) is 31.0 Å². The molecule has 170 valence electrons. The van der Waals surface area contributed by atoms with Gasteiger partial charge in [-0.25, -0.2) is 8.42 Å². The van der Waals surface area contributed by atoms with Crippen molar-refractivity contribution < 1.29 is 22.4 Å². The van der Waals surface area contributed by atoms with Gasteiger partial charge in [-0.3, -0.25) is 9.52 Å². The second kappa shape index (κ2) is 8.26. The molecule has 8 heteroatoms. The zero-order chi connectivity index (χ0) is 23.2. The number of carbonyl (C=O) groups is 1. The topological polar surface area (TPSA) is 88.9 Å². The molecule has 0 atom stereocenters. The number of ether oxygens (including phenoxy) is 1. The molecule has 2 heterocycles. The molecule has 7 nitrogen and oxygen atoms in total. The third kappa shape index (κ3) is 3.67. The number of morpholine rings is 1. The highest BCUT2D eigenvalue weighted by atomic mass is 32.2. The van der Waals surface area contributed by atoms with Crippen LogP contribution in [-0.2, 0) is 14.8 Å². The lowest BCUT2D eigenvalue weighted by Gasteiger charge is -2.26. The lowest BCUT2D eigenvalue weighted by molar-refractivity contribution is 0.0285. The number of fused-ring (bicyclic) bond motifs is 1. The van der Waals surface area contributed by atoms with E-state index < -0.39 is 10.0 Å². The van der Waals surface area contributed by atoms with Gasteiger partial charge in [-0.2, -0.15) is 0 Å². The summed E-state index contributed by atoms with van der Waals surface area (Å²) in [5.41, 5.74) is 4.98. The van der Waals surface area contributed by atoms with E-state index in [4.69, 9.17) is 9.15 Å². The quantitative estimate of drug-likeness (QED) is 0.634. The Morgan fingerprint density at radius 1 is 0.906 bits per heavy atom. The summed E-state index contributed by atoms with van der Waals surface area (Å²) in [4.78, 5) is 15.1. The third-order valence-electron chi connectivity index (χ3n) is 6.52. The lowest BCUT2D eigenvalue weighted by atomic mass is 9.95. The minimum absolute atomic E-state index is 0.00691. The molecule has 1 N–H and O–H groups in total. The third-order valence-corrected chi connectivity index (χ3v) is 8.15. The van der Waals surface area contributed by atoms with Crippen LogP contribution >= 0.6 is 0 Å². The maximum absolute atomic E-state index is 13.7. The highest BCUT2D eigenvalue weighted by Crippen LogP contribution is 2.36. The minimum Gasteiger partial charge on any atom is -0.449 e. The largest absolute Gasteiger partial charge is 0.449 e. The van der Waals surface area contributed by atoms with E-state index in [0.717, 1.165) is 16.7 Å². The van der Waals surface area contributed by atoms with Gasteiger partial charge < -0.3 is 14.1 Å². The Kier molecular flexibility index (Phi) is 5.77. The summed E-state index contributed by atoms with van der Waals surface area (Å²) in [6.45, 7) is 11.2. The number of sulfonamides is 1. The standard InChI is InChI=1S/C24H28N2O5S/c1-14-15(2)17(4)23(18(5)16(14)3)32(28,29)25-21-19-8-6-7-9-20(19)31-22(21)24(27)26-10-12-30-13-11-26/h6-9,25H,10-13H2,1-5H3. The molecule has 1 aromatic heterocycles. The van der Waals surface area contributed by atoms with Crippen molar-refractivity contribution in [2.45, 2.75) is 39.5 Å². The fourth-order valence-electron chi connectivity index (χ4n) is 4.26. The Balaban J connectivity index is 1.85. The predicted molar refractivity (Wildman–Crippen MR) is 124 cm³/mol. The SMILES string of the molecule is Cc1c(C)c(C)c(S(=O)(=O)Nc2c(C(=O)N3CCOCC3)oc3ccccc23)c(C)c1C. The summed E-state index contributed by atoms with van der Waals surface area (Å²) in [7, 11) is -3.99. The first kappa shape index (κ1) is 22.4. The summed E-state index contributed by atoms with van der Waals surface area (Å²) >= 11 is 0. The molecule has 0 spiro atoms. The molecular formula is C24H28N2O5S. The van der Waals surface area contributed by atoms with Gasteiger partial charge in [-0.15, -0.1) is 0 Å². The molecular weight excluding hydrogens is 428 g/mol. The Labute approximate surface area is 188 Å². The lowest BCUT2D eigenvalue weighted by Crippen LogP contribution is -2.40. The van der Waals surface area contributed by atoms with E-state index >= 15 is 0 Å². The monoisotopic (exact) mass is 456 g/mol. The van der Waals surface area contributed by atoms with Crippen molar-refractivity contribution in [1.29, 1.82) is 0 Å². The summed E-state index contributed by atoms with van der Waals surface area (Å²) in [6, 6.07) is 7.04. The van der Waals surface area contributed by atoms with E-state index in [9.17, 15) is 13.2 Å². The summed E-state index contributed by atoms with van der Waals surface area (Å²) in [6.07, 6.45) is 0. The Morgan fingerprint density at radius 2 is 1.47 bits per heavy atom. The van der Waals surface area contributed by atoms with E-state index in [1.807, 2.05) is 34.6 Å². The number of para-hydroxylation sites is 1. The highest BCUT2D eigenvalue weighted by molar-refractivity contribution is 7.92. The van der Waals surface area contributed by atoms with Crippen molar-refractivity contribution in [3.63, 3.8) is 0 Å². The molecule has 3 aromatic rings. The van der Waals surface area contributed by atoms with Crippen LogP contribution in [-0.4, -0.2) is 45.5 Å². The second-order valence-corrected chi connectivity index (χ2v) is 9.89. The van der Waals surface area contributed by atoms with Crippen LogP contribution in [0.1, 0.15) is 38.4 Å². The van der Waals surface area contributed by atoms with Crippen LogP contribution in [0.5, 0.6) is 0 Å². The molecule has 1 saturated heterocycles. The number of anilines is 1. The van der Waals surface area contributed by atoms with E-state index in [1.54, 1.807) is 29.2 Å². The van der Waals surface area contributed by atoms with Gasteiger partial charge in [0.2, 0.25) is 5.76 Å². The minimum atomic E-state index is -3.99. The maximum Gasteiger partial charge on any atom is 0.291 e. The fourth-order valence-corrected chi connectivity index (χ4v) is 5.95. The first-order valence-electron chi connectivity index (χ1n) is 10.6. The number of nitrogens with one attached hydrogen (secondary N) is 1. The molecule has 32 heavy (non-hydrogen) atoms. The Bertz CT molecular complexity index is 1290. The maximum atomic E-state index is 13.7. The zero-order valence-electron chi connectivity index (χ0n) is 19.0. The van der Waals surface area contributed by atoms with Crippen molar-refractivity contribution in [1.82, 2.24) is 4.90 Å². The zero-order valence-corrected chi connectivity index (χ0v) is 19.9. The van der Waals surface area contributed by atoms with Crippen LogP contribution < -0.4 is 4.72 Å². The molecule has 0 unspecified atom stereocenters. The molecule has 1 aliphatic heterocycles. The second-order valence-electron chi connectivity index (χ2n) is 8.27. The molecule has 0 aliphatic carbocycles. The summed E-state index contributed by atoms with van der Waals surface area (Å²) in [5, 5.41) is 0.545. The van der Waals surface area contributed by atoms with Crippen molar-refractivity contribution >= 4 is 32.6 Å². The van der Waals surface area contributed by atoms with Gasteiger partial charge in [-0.1, -0.05) is 12.1 Å². The van der Waals surface area contributed by atoms with Gasteiger partial charge >= 0.3 is 0 Å². The van der Waals surface area contributed by atoms with Crippen LogP contribution in [0.2, 0.25) is 0 Å². The van der Waals surface area contributed by atoms with Gasteiger partial charge in [-0.05, 0) is 74.6 Å². The van der Waals surface area contributed by atoms with E-state index in [-0.39, 0.29) is 22.3 Å². The number of amides is 1. The Morgan fingerprint density at radius 3 is 2.09 bits per heavy atom. The molecule has 2 aromatic carbocycles. The van der Waals surface area contributed by atoms with E-state index in [0.29, 0.717) is 48.4 Å². The molecule has 1 aliphatic rings. The van der Waals surface area contributed by atoms with Gasteiger partial charge in [0.25, 0.3) is 15.9 Å². The number of hydrogen-bond donors (Lipinski definition) is 1. The van der Waals surface area contributed by atoms with E-state index in [1.165, 1.54) is 0 Å². The molecule has 0 radical (unpaired) electrons. The van der Waals surface area contributed by atoms with Gasteiger partial charge in [0, 0.05) is 18.5 Å². The first-order chi connectivity index (χ1) is 15.1. The summed E-state index contributed by atoms with van der Waals surface area (Å²) in [5.74, 6) is -0.362. The fraction of sp³-hybridized carbons (Fsp3) is 0.375. The average Bonchev–Trinajstić information content (AvgIpc) is 3.14. The first-order valence-corrected chi connectivity index (χ1v) is 12.1. The number of nitrogens with zero attached hydrogens (tertiary/aromatic N) is 1.